The maximum absolute atomic E-state index is 13.0. The molecule has 2 aromatic carbocycles. The quantitative estimate of drug-likeness (QED) is 0.744. The Labute approximate surface area is 126 Å². The second-order valence-electron chi connectivity index (χ2n) is 4.66. The molecule has 0 spiro atoms. The molecular formula is C17H13FN2O2. The van der Waals surface area contributed by atoms with Crippen molar-refractivity contribution in [3.63, 3.8) is 0 Å². The molecule has 0 atom stereocenters. The summed E-state index contributed by atoms with van der Waals surface area (Å²) in [6.45, 7) is 0. The summed E-state index contributed by atoms with van der Waals surface area (Å²) >= 11 is 0. The van der Waals surface area contributed by atoms with Crippen molar-refractivity contribution in [2.24, 2.45) is 0 Å². The molecule has 0 aliphatic carbocycles. The number of ether oxygens (including phenoxy) is 1. The molecule has 110 valence electrons. The van der Waals surface area contributed by atoms with Crippen molar-refractivity contribution in [1.82, 2.24) is 9.55 Å². The average molecular weight is 296 g/mol. The van der Waals surface area contributed by atoms with Crippen LogP contribution >= 0.6 is 0 Å². The Hall–Kier alpha value is -2.95. The van der Waals surface area contributed by atoms with E-state index in [-0.39, 0.29) is 11.7 Å². The Kier molecular flexibility index (Phi) is 3.70. The Morgan fingerprint density at radius 2 is 1.77 bits per heavy atom. The van der Waals surface area contributed by atoms with Gasteiger partial charge in [0.1, 0.15) is 17.4 Å². The summed E-state index contributed by atoms with van der Waals surface area (Å²) in [6, 6.07) is 12.7. The fraction of sp³-hybridized carbons (Fsp3) is 0.0588. The smallest absolute Gasteiger partial charge is 0.263 e. The summed E-state index contributed by atoms with van der Waals surface area (Å²) in [7, 11) is 1.57. The Bertz CT molecular complexity index is 792. The first-order valence-corrected chi connectivity index (χ1v) is 6.67. The number of hydrogen-bond donors (Lipinski definition) is 0. The van der Waals surface area contributed by atoms with E-state index < -0.39 is 0 Å². The third-order valence-corrected chi connectivity index (χ3v) is 3.30. The van der Waals surface area contributed by atoms with Crippen molar-refractivity contribution in [2.75, 3.05) is 7.11 Å². The van der Waals surface area contributed by atoms with Gasteiger partial charge in [-0.1, -0.05) is 0 Å². The van der Waals surface area contributed by atoms with Gasteiger partial charge in [-0.25, -0.2) is 9.37 Å². The van der Waals surface area contributed by atoms with Crippen LogP contribution in [-0.4, -0.2) is 22.6 Å². The normalized spacial score (nSPS) is 10.5. The zero-order valence-electron chi connectivity index (χ0n) is 11.9. The molecule has 0 saturated heterocycles. The highest BCUT2D eigenvalue weighted by atomic mass is 19.1. The summed E-state index contributed by atoms with van der Waals surface area (Å²) in [5.41, 5.74) is 1.19. The van der Waals surface area contributed by atoms with Gasteiger partial charge in [-0.2, -0.15) is 0 Å². The lowest BCUT2D eigenvalue weighted by molar-refractivity contribution is 0.0961. The number of imidazole rings is 1. The molecular weight excluding hydrogens is 283 g/mol. The minimum atomic E-state index is -0.330. The van der Waals surface area contributed by atoms with E-state index in [1.807, 2.05) is 0 Å². The highest BCUT2D eigenvalue weighted by Gasteiger charge is 2.14. The first-order chi connectivity index (χ1) is 10.7. The second-order valence-corrected chi connectivity index (χ2v) is 4.66. The van der Waals surface area contributed by atoms with Crippen LogP contribution in [0.15, 0.2) is 60.9 Å². The van der Waals surface area contributed by atoms with Crippen LogP contribution in [0, 0.1) is 5.82 Å². The summed E-state index contributed by atoms with van der Waals surface area (Å²) in [6.07, 6.45) is 3.13. The van der Waals surface area contributed by atoms with Crippen molar-refractivity contribution < 1.29 is 13.9 Å². The molecule has 0 amide bonds. The molecule has 0 bridgehead atoms. The van der Waals surface area contributed by atoms with Gasteiger partial charge in [0.05, 0.1) is 7.11 Å². The maximum atomic E-state index is 13.0. The van der Waals surface area contributed by atoms with Gasteiger partial charge in [0.25, 0.3) is 5.91 Å². The van der Waals surface area contributed by atoms with Crippen molar-refractivity contribution in [3.05, 3.63) is 72.3 Å². The SMILES string of the molecule is COc1ccc(C(=O)n2ccnc2-c2ccc(F)cc2)cc1. The molecule has 0 fully saturated rings. The van der Waals surface area contributed by atoms with Crippen molar-refractivity contribution in [3.8, 4) is 17.1 Å². The molecule has 3 aromatic rings. The number of nitrogens with zero attached hydrogens (tertiary/aromatic N) is 2. The second kappa shape index (κ2) is 5.81. The van der Waals surface area contributed by atoms with Crippen LogP contribution in [0.1, 0.15) is 10.4 Å². The van der Waals surface area contributed by atoms with Crippen LogP contribution in [-0.2, 0) is 0 Å². The summed E-state index contributed by atoms with van der Waals surface area (Å²) in [5.74, 6) is 0.615. The Morgan fingerprint density at radius 3 is 2.41 bits per heavy atom. The molecule has 0 aliphatic rings. The van der Waals surface area contributed by atoms with Gasteiger partial charge >= 0.3 is 0 Å². The molecule has 0 aliphatic heterocycles. The van der Waals surface area contributed by atoms with Crippen LogP contribution in [0.2, 0.25) is 0 Å². The third kappa shape index (κ3) is 2.61. The predicted octanol–water partition coefficient (Wildman–Crippen LogP) is 3.39. The van der Waals surface area contributed by atoms with E-state index in [2.05, 4.69) is 4.98 Å². The largest absolute Gasteiger partial charge is 0.497 e. The summed E-state index contributed by atoms with van der Waals surface area (Å²) in [4.78, 5) is 16.8. The fourth-order valence-corrected chi connectivity index (χ4v) is 2.15. The van der Waals surface area contributed by atoms with E-state index >= 15 is 0 Å². The van der Waals surface area contributed by atoms with E-state index in [0.717, 1.165) is 0 Å². The van der Waals surface area contributed by atoms with Crippen molar-refractivity contribution in [2.45, 2.75) is 0 Å². The Balaban J connectivity index is 1.96. The van der Waals surface area contributed by atoms with Crippen LogP contribution in [0.5, 0.6) is 5.75 Å². The first kappa shape index (κ1) is 14.0. The molecule has 5 heteroatoms. The molecule has 3 rings (SSSR count). The molecule has 0 saturated carbocycles. The zero-order chi connectivity index (χ0) is 15.5. The topological polar surface area (TPSA) is 44.1 Å². The monoisotopic (exact) mass is 296 g/mol. The van der Waals surface area contributed by atoms with Crippen molar-refractivity contribution in [1.29, 1.82) is 0 Å². The summed E-state index contributed by atoms with van der Waals surface area (Å²) in [5, 5.41) is 0. The molecule has 1 heterocycles. The van der Waals surface area contributed by atoms with Crippen LogP contribution < -0.4 is 4.74 Å². The van der Waals surface area contributed by atoms with Crippen molar-refractivity contribution >= 4 is 5.91 Å². The van der Waals surface area contributed by atoms with Gasteiger partial charge in [-0.15, -0.1) is 0 Å². The van der Waals surface area contributed by atoms with E-state index in [1.165, 1.54) is 16.7 Å². The predicted molar refractivity (Wildman–Crippen MR) is 80.3 cm³/mol. The average Bonchev–Trinajstić information content (AvgIpc) is 3.04. The molecule has 22 heavy (non-hydrogen) atoms. The highest BCUT2D eigenvalue weighted by Crippen LogP contribution is 2.20. The third-order valence-electron chi connectivity index (χ3n) is 3.30. The Morgan fingerprint density at radius 1 is 1.09 bits per heavy atom. The van der Waals surface area contributed by atoms with E-state index in [4.69, 9.17) is 4.74 Å². The lowest BCUT2D eigenvalue weighted by Gasteiger charge is -2.07. The van der Waals surface area contributed by atoms with Gasteiger partial charge < -0.3 is 4.74 Å². The highest BCUT2D eigenvalue weighted by molar-refractivity contribution is 5.98. The minimum Gasteiger partial charge on any atom is -0.497 e. The molecule has 4 nitrogen and oxygen atoms in total. The number of benzene rings is 2. The molecule has 0 N–H and O–H groups in total. The van der Waals surface area contributed by atoms with Crippen LogP contribution in [0.25, 0.3) is 11.4 Å². The van der Waals surface area contributed by atoms with Gasteiger partial charge in [0, 0.05) is 23.5 Å². The molecule has 0 unspecified atom stereocenters. The number of aromatic nitrogens is 2. The minimum absolute atomic E-state index is 0.209. The van der Waals surface area contributed by atoms with Gasteiger partial charge in [0.15, 0.2) is 0 Å². The first-order valence-electron chi connectivity index (χ1n) is 6.67. The van der Waals surface area contributed by atoms with E-state index in [1.54, 1.807) is 55.9 Å². The lowest BCUT2D eigenvalue weighted by atomic mass is 10.1. The van der Waals surface area contributed by atoms with Gasteiger partial charge in [-0.05, 0) is 48.5 Å². The number of halogens is 1. The maximum Gasteiger partial charge on any atom is 0.263 e. The number of carbonyl (C=O) groups is 1. The number of carbonyl (C=O) groups excluding carboxylic acids is 1. The lowest BCUT2D eigenvalue weighted by Crippen LogP contribution is -2.12. The molecule has 1 aromatic heterocycles. The van der Waals surface area contributed by atoms with Gasteiger partial charge in [0.2, 0.25) is 0 Å². The van der Waals surface area contributed by atoms with E-state index in [9.17, 15) is 9.18 Å². The fourth-order valence-electron chi connectivity index (χ4n) is 2.15. The van der Waals surface area contributed by atoms with E-state index in [0.29, 0.717) is 22.7 Å². The number of hydrogen-bond acceptors (Lipinski definition) is 3. The number of rotatable bonds is 3. The van der Waals surface area contributed by atoms with Crippen LogP contribution in [0.4, 0.5) is 4.39 Å². The molecule has 0 radical (unpaired) electrons. The summed E-state index contributed by atoms with van der Waals surface area (Å²) < 4.78 is 19.5. The number of methoxy groups -OCH3 is 1. The van der Waals surface area contributed by atoms with Crippen LogP contribution in [0.3, 0.4) is 0 Å². The zero-order valence-corrected chi connectivity index (χ0v) is 11.9. The standard InChI is InChI=1S/C17H13FN2O2/c1-22-15-8-4-13(5-9-15)17(21)20-11-10-19-16(20)12-2-6-14(18)7-3-12/h2-11H,1H3. The van der Waals surface area contributed by atoms with Gasteiger partial charge in [-0.3, -0.25) is 9.36 Å².